The number of nitriles is 1. The number of hydrogen-bond donors (Lipinski definition) is 1. The lowest BCUT2D eigenvalue weighted by Crippen LogP contribution is -2.04. The van der Waals surface area contributed by atoms with Gasteiger partial charge in [0.2, 0.25) is 11.4 Å². The van der Waals surface area contributed by atoms with Crippen molar-refractivity contribution in [2.45, 2.75) is 86.0 Å². The standard InChI is InChI=1S/C49H50ClN5O3/c1-6-7-8-9-10-14-25-56-44-24-17-32(2)26-39(44)30-38-28-37(20-23-43(38)50)29-42-33(3)27-34(4)45(35(42)5)47-52-53-48-46(57-41-21-18-36(31-51)19-22-41)49(54-55(47)48)58-40-15-12-11-13-16-40/h11-13,15-24,26-28,54H,6-10,14,25,29-30H2,1-5H3. The van der Waals surface area contributed by atoms with Crippen molar-refractivity contribution in [3.63, 3.8) is 0 Å². The molecule has 0 unspecified atom stereocenters. The van der Waals surface area contributed by atoms with Gasteiger partial charge in [-0.3, -0.25) is 5.10 Å². The molecule has 0 radical (unpaired) electrons. The highest BCUT2D eigenvalue weighted by Gasteiger charge is 2.25. The molecule has 0 saturated carbocycles. The van der Waals surface area contributed by atoms with Gasteiger partial charge < -0.3 is 14.2 Å². The lowest BCUT2D eigenvalue weighted by Gasteiger charge is -2.18. The van der Waals surface area contributed by atoms with Crippen molar-refractivity contribution in [1.29, 1.82) is 5.26 Å². The number of unbranched alkanes of at least 4 members (excludes halogenated alkanes) is 5. The zero-order chi connectivity index (χ0) is 40.6. The quantitative estimate of drug-likeness (QED) is 0.0922. The number of H-pyrrole nitrogens is 1. The summed E-state index contributed by atoms with van der Waals surface area (Å²) >= 11 is 6.89. The van der Waals surface area contributed by atoms with Crippen molar-refractivity contribution >= 4 is 17.2 Å². The molecule has 0 aliphatic rings. The van der Waals surface area contributed by atoms with Crippen LogP contribution in [0, 0.1) is 39.0 Å². The van der Waals surface area contributed by atoms with Gasteiger partial charge in [0.15, 0.2) is 5.82 Å². The number of aromatic amines is 1. The van der Waals surface area contributed by atoms with Gasteiger partial charge in [-0.15, -0.1) is 10.2 Å². The molecule has 0 bridgehead atoms. The zero-order valence-corrected chi connectivity index (χ0v) is 34.7. The van der Waals surface area contributed by atoms with Crippen LogP contribution in [-0.4, -0.2) is 26.4 Å². The summed E-state index contributed by atoms with van der Waals surface area (Å²) in [4.78, 5) is 0. The highest BCUT2D eigenvalue weighted by atomic mass is 35.5. The first-order valence-electron chi connectivity index (χ1n) is 20.2. The van der Waals surface area contributed by atoms with Crippen molar-refractivity contribution in [3.8, 4) is 46.3 Å². The molecule has 0 aliphatic heterocycles. The van der Waals surface area contributed by atoms with Crippen LogP contribution in [0.4, 0.5) is 0 Å². The summed E-state index contributed by atoms with van der Waals surface area (Å²) in [6, 6.07) is 33.6. The number of rotatable bonds is 17. The van der Waals surface area contributed by atoms with Crippen molar-refractivity contribution in [1.82, 2.24) is 19.8 Å². The minimum absolute atomic E-state index is 0.377. The van der Waals surface area contributed by atoms with Crippen molar-refractivity contribution in [2.75, 3.05) is 6.61 Å². The molecule has 0 spiro atoms. The number of aryl methyl sites for hydroxylation is 3. The van der Waals surface area contributed by atoms with Crippen molar-refractivity contribution in [3.05, 3.63) is 152 Å². The van der Waals surface area contributed by atoms with Crippen LogP contribution in [0.1, 0.15) is 95.5 Å². The van der Waals surface area contributed by atoms with Crippen LogP contribution in [0.5, 0.6) is 28.9 Å². The summed E-state index contributed by atoms with van der Waals surface area (Å²) in [6.45, 7) is 11.5. The Hall–Kier alpha value is -6.04. The Morgan fingerprint density at radius 2 is 1.50 bits per heavy atom. The molecule has 1 N–H and O–H groups in total. The molecule has 296 valence electrons. The maximum atomic E-state index is 9.31. The van der Waals surface area contributed by atoms with Crippen LogP contribution in [0.3, 0.4) is 0 Å². The number of fused-ring (bicyclic) bond motifs is 1. The predicted molar refractivity (Wildman–Crippen MR) is 232 cm³/mol. The van der Waals surface area contributed by atoms with E-state index in [1.165, 1.54) is 54.4 Å². The first kappa shape index (κ1) is 40.2. The Morgan fingerprint density at radius 1 is 0.741 bits per heavy atom. The monoisotopic (exact) mass is 791 g/mol. The smallest absolute Gasteiger partial charge is 0.260 e. The lowest BCUT2D eigenvalue weighted by atomic mass is 9.89. The number of para-hydroxylation sites is 1. The number of nitrogens with one attached hydrogen (secondary N) is 1. The molecular formula is C49H50ClN5O3. The van der Waals surface area contributed by atoms with Crippen LogP contribution in [0.2, 0.25) is 5.02 Å². The molecule has 0 aliphatic carbocycles. The fraction of sp³-hybridized carbons (Fsp3) is 0.286. The summed E-state index contributed by atoms with van der Waals surface area (Å²) < 4.78 is 20.9. The first-order valence-corrected chi connectivity index (χ1v) is 20.6. The highest BCUT2D eigenvalue weighted by Crippen LogP contribution is 2.40. The normalized spacial score (nSPS) is 11.2. The number of hydrogen-bond acceptors (Lipinski definition) is 6. The number of halogens is 1. The number of benzene rings is 5. The van der Waals surface area contributed by atoms with Gasteiger partial charge in [-0.25, -0.2) is 4.52 Å². The molecule has 0 atom stereocenters. The van der Waals surface area contributed by atoms with Gasteiger partial charge in [-0.2, -0.15) is 5.26 Å². The van der Waals surface area contributed by atoms with E-state index in [0.717, 1.165) is 51.6 Å². The predicted octanol–water partition coefficient (Wildman–Crippen LogP) is 13.0. The Labute approximate surface area is 346 Å². The maximum absolute atomic E-state index is 9.31. The Kier molecular flexibility index (Phi) is 12.8. The molecule has 2 heterocycles. The molecule has 0 amide bonds. The van der Waals surface area contributed by atoms with E-state index in [1.807, 2.05) is 40.9 Å². The van der Waals surface area contributed by atoms with Gasteiger partial charge in [-0.05, 0) is 128 Å². The minimum atomic E-state index is 0.377. The molecule has 0 saturated heterocycles. The van der Waals surface area contributed by atoms with E-state index in [2.05, 4.69) is 87.3 Å². The van der Waals surface area contributed by atoms with E-state index in [-0.39, 0.29) is 0 Å². The number of ether oxygens (including phenoxy) is 3. The van der Waals surface area contributed by atoms with E-state index in [9.17, 15) is 5.26 Å². The van der Waals surface area contributed by atoms with Crippen LogP contribution in [-0.2, 0) is 12.8 Å². The van der Waals surface area contributed by atoms with Gasteiger partial charge in [0.05, 0.1) is 18.2 Å². The van der Waals surface area contributed by atoms with Gasteiger partial charge in [0.1, 0.15) is 17.2 Å². The van der Waals surface area contributed by atoms with Crippen LogP contribution >= 0.6 is 11.6 Å². The molecule has 7 aromatic rings. The molecule has 0 fully saturated rings. The Morgan fingerprint density at radius 3 is 2.28 bits per heavy atom. The minimum Gasteiger partial charge on any atom is -0.493 e. The fourth-order valence-electron chi connectivity index (χ4n) is 7.61. The Balaban J connectivity index is 1.18. The summed E-state index contributed by atoms with van der Waals surface area (Å²) in [5.41, 5.74) is 11.2. The van der Waals surface area contributed by atoms with Crippen LogP contribution in [0.15, 0.2) is 97.1 Å². The van der Waals surface area contributed by atoms with Gasteiger partial charge in [-0.1, -0.05) is 105 Å². The average molecular weight is 792 g/mol. The summed E-state index contributed by atoms with van der Waals surface area (Å²) in [7, 11) is 0. The average Bonchev–Trinajstić information content (AvgIpc) is 3.77. The largest absolute Gasteiger partial charge is 0.493 e. The lowest BCUT2D eigenvalue weighted by molar-refractivity contribution is 0.302. The molecule has 2 aromatic heterocycles. The fourth-order valence-corrected chi connectivity index (χ4v) is 7.80. The molecule has 7 rings (SSSR count). The van der Waals surface area contributed by atoms with Crippen molar-refractivity contribution < 1.29 is 14.2 Å². The van der Waals surface area contributed by atoms with Crippen molar-refractivity contribution in [2.24, 2.45) is 0 Å². The third-order valence-corrected chi connectivity index (χ3v) is 11.0. The second-order valence-electron chi connectivity index (χ2n) is 15.1. The summed E-state index contributed by atoms with van der Waals surface area (Å²) in [5, 5.41) is 22.8. The van der Waals surface area contributed by atoms with Crippen LogP contribution < -0.4 is 14.2 Å². The van der Waals surface area contributed by atoms with E-state index in [0.29, 0.717) is 53.0 Å². The third kappa shape index (κ3) is 9.22. The van der Waals surface area contributed by atoms with E-state index >= 15 is 0 Å². The second kappa shape index (κ2) is 18.5. The molecule has 5 aromatic carbocycles. The topological polar surface area (TPSA) is 97.5 Å². The zero-order valence-electron chi connectivity index (χ0n) is 34.0. The first-order chi connectivity index (χ1) is 28.2. The van der Waals surface area contributed by atoms with Crippen LogP contribution in [0.25, 0.3) is 17.0 Å². The maximum Gasteiger partial charge on any atom is 0.260 e. The molecular weight excluding hydrogens is 742 g/mol. The van der Waals surface area contributed by atoms with E-state index in [1.54, 1.807) is 24.3 Å². The van der Waals surface area contributed by atoms with Gasteiger partial charge in [0, 0.05) is 17.0 Å². The molecule has 58 heavy (non-hydrogen) atoms. The highest BCUT2D eigenvalue weighted by molar-refractivity contribution is 6.31. The number of nitrogens with zero attached hydrogens (tertiary/aromatic N) is 4. The van der Waals surface area contributed by atoms with Gasteiger partial charge in [0.25, 0.3) is 5.88 Å². The SMILES string of the molecule is CCCCCCCCOc1ccc(C)cc1Cc1cc(Cc2c(C)cc(C)c(-c3nnc4c(Oc5ccc(C#N)cc5)c(Oc5ccccc5)[nH]n34)c2C)ccc1Cl. The molecule has 8 nitrogen and oxygen atoms in total. The summed E-state index contributed by atoms with van der Waals surface area (Å²) in [6.07, 6.45) is 8.77. The molecule has 9 heteroatoms. The van der Waals surface area contributed by atoms with E-state index in [4.69, 9.17) is 30.9 Å². The van der Waals surface area contributed by atoms with E-state index < -0.39 is 0 Å². The second-order valence-corrected chi connectivity index (χ2v) is 15.5. The third-order valence-electron chi connectivity index (χ3n) is 10.7. The summed E-state index contributed by atoms with van der Waals surface area (Å²) in [5.74, 6) is 3.51. The number of aromatic nitrogens is 4. The van der Waals surface area contributed by atoms with Gasteiger partial charge >= 0.3 is 0 Å². The Bertz CT molecular complexity index is 2550.